The number of carbonyl (C=O) groups is 1. The molecule has 0 aliphatic carbocycles. The monoisotopic (exact) mass is 237 g/mol. The lowest BCUT2D eigenvalue weighted by Crippen LogP contribution is -2.11. The molecule has 1 unspecified atom stereocenters. The fraction of sp³-hybridized carbons (Fsp3) is 0.300. The second-order valence-electron chi connectivity index (χ2n) is 3.47. The van der Waals surface area contributed by atoms with Crippen LogP contribution in [-0.2, 0) is 4.79 Å². The van der Waals surface area contributed by atoms with E-state index in [-0.39, 0.29) is 0 Å². The van der Waals surface area contributed by atoms with Crippen molar-refractivity contribution in [1.29, 1.82) is 0 Å². The van der Waals surface area contributed by atoms with Crippen molar-refractivity contribution in [3.63, 3.8) is 0 Å². The van der Waals surface area contributed by atoms with Crippen LogP contribution in [0, 0.1) is 6.92 Å². The third-order valence-electron chi connectivity index (χ3n) is 2.23. The molecule has 16 heavy (non-hydrogen) atoms. The Morgan fingerprint density at radius 1 is 1.56 bits per heavy atom. The Kier molecular flexibility index (Phi) is 2.82. The number of aryl methyl sites for hydroxylation is 1. The minimum Gasteiger partial charge on any atom is -0.480 e. The van der Waals surface area contributed by atoms with Gasteiger partial charge in [-0.25, -0.2) is 0 Å². The lowest BCUT2D eigenvalue weighted by Gasteiger charge is -2.03. The average Bonchev–Trinajstić information content (AvgIpc) is 2.63. The molecule has 84 valence electrons. The molecule has 2 rings (SSSR count). The van der Waals surface area contributed by atoms with Gasteiger partial charge < -0.3 is 5.11 Å². The maximum absolute atomic E-state index is 10.8. The number of aliphatic carboxylic acids is 1. The predicted octanol–water partition coefficient (Wildman–Crippen LogP) is 1.60. The fourth-order valence-corrected chi connectivity index (χ4v) is 2.08. The second kappa shape index (κ2) is 4.13. The van der Waals surface area contributed by atoms with E-state index in [1.54, 1.807) is 11.3 Å². The zero-order valence-electron chi connectivity index (χ0n) is 8.91. The molecule has 2 aromatic rings. The SMILES string of the molecule is Cc1cccn2c(SC(C)C(=O)O)nnc12. The molecule has 0 aliphatic rings. The van der Waals surface area contributed by atoms with E-state index in [0.29, 0.717) is 5.16 Å². The van der Waals surface area contributed by atoms with Gasteiger partial charge in [-0.05, 0) is 25.5 Å². The van der Waals surface area contributed by atoms with Crippen LogP contribution in [-0.4, -0.2) is 30.9 Å². The van der Waals surface area contributed by atoms with Gasteiger partial charge in [0.2, 0.25) is 0 Å². The van der Waals surface area contributed by atoms with Gasteiger partial charge in [0.15, 0.2) is 10.8 Å². The first kappa shape index (κ1) is 10.9. The molecule has 0 aromatic carbocycles. The van der Waals surface area contributed by atoms with Crippen molar-refractivity contribution < 1.29 is 9.90 Å². The smallest absolute Gasteiger partial charge is 0.316 e. The summed E-state index contributed by atoms with van der Waals surface area (Å²) in [5.41, 5.74) is 1.78. The molecule has 0 radical (unpaired) electrons. The normalized spacial score (nSPS) is 12.9. The number of rotatable bonds is 3. The summed E-state index contributed by atoms with van der Waals surface area (Å²) in [6.45, 7) is 3.57. The van der Waals surface area contributed by atoms with E-state index in [0.717, 1.165) is 11.2 Å². The maximum atomic E-state index is 10.8. The molecule has 1 atom stereocenters. The first-order valence-electron chi connectivity index (χ1n) is 4.79. The molecule has 2 heterocycles. The van der Waals surface area contributed by atoms with E-state index < -0.39 is 11.2 Å². The average molecular weight is 237 g/mol. The maximum Gasteiger partial charge on any atom is 0.316 e. The quantitative estimate of drug-likeness (QED) is 0.821. The number of nitrogens with zero attached hydrogens (tertiary/aromatic N) is 3. The molecule has 0 bridgehead atoms. The molecular weight excluding hydrogens is 226 g/mol. The minimum absolute atomic E-state index is 0.534. The zero-order valence-corrected chi connectivity index (χ0v) is 9.73. The highest BCUT2D eigenvalue weighted by Crippen LogP contribution is 2.22. The highest BCUT2D eigenvalue weighted by atomic mass is 32.2. The molecule has 0 aliphatic heterocycles. The molecule has 0 spiro atoms. The number of hydrogen-bond donors (Lipinski definition) is 1. The van der Waals surface area contributed by atoms with Crippen molar-refractivity contribution in [2.75, 3.05) is 0 Å². The molecule has 0 saturated heterocycles. The number of thioether (sulfide) groups is 1. The van der Waals surface area contributed by atoms with Crippen LogP contribution in [0.3, 0.4) is 0 Å². The van der Waals surface area contributed by atoms with Crippen LogP contribution in [0.5, 0.6) is 0 Å². The topological polar surface area (TPSA) is 67.5 Å². The van der Waals surface area contributed by atoms with Crippen molar-refractivity contribution in [1.82, 2.24) is 14.6 Å². The number of pyridine rings is 1. The van der Waals surface area contributed by atoms with E-state index >= 15 is 0 Å². The summed E-state index contributed by atoms with van der Waals surface area (Å²) in [6.07, 6.45) is 1.83. The van der Waals surface area contributed by atoms with Crippen LogP contribution in [0.25, 0.3) is 5.65 Å². The minimum atomic E-state index is -0.852. The summed E-state index contributed by atoms with van der Waals surface area (Å²) in [7, 11) is 0. The van der Waals surface area contributed by atoms with Crippen molar-refractivity contribution in [3.8, 4) is 0 Å². The van der Waals surface area contributed by atoms with Crippen molar-refractivity contribution in [3.05, 3.63) is 23.9 Å². The molecule has 0 saturated carbocycles. The number of hydrogen-bond acceptors (Lipinski definition) is 4. The van der Waals surface area contributed by atoms with Gasteiger partial charge in [-0.3, -0.25) is 9.20 Å². The summed E-state index contributed by atoms with van der Waals surface area (Å²) in [5, 5.41) is 16.9. The third-order valence-corrected chi connectivity index (χ3v) is 3.27. The lowest BCUT2D eigenvalue weighted by atomic mass is 10.3. The number of aromatic nitrogens is 3. The number of fused-ring (bicyclic) bond motifs is 1. The van der Waals surface area contributed by atoms with E-state index in [2.05, 4.69) is 10.2 Å². The first-order valence-corrected chi connectivity index (χ1v) is 5.67. The van der Waals surface area contributed by atoms with Crippen molar-refractivity contribution in [2.24, 2.45) is 0 Å². The number of carboxylic acids is 1. The molecule has 1 N–H and O–H groups in total. The second-order valence-corrected chi connectivity index (χ2v) is 4.77. The molecule has 0 fully saturated rings. The molecule has 6 heteroatoms. The Morgan fingerprint density at radius 3 is 3.00 bits per heavy atom. The van der Waals surface area contributed by atoms with Crippen molar-refractivity contribution >= 4 is 23.4 Å². The number of carboxylic acid groups (broad SMARTS) is 1. The standard InChI is InChI=1S/C10H11N3O2S/c1-6-4-3-5-13-8(6)11-12-10(13)16-7(2)9(14)15/h3-5,7H,1-2H3,(H,14,15). The summed E-state index contributed by atoms with van der Waals surface area (Å²) in [5.74, 6) is -0.852. The zero-order chi connectivity index (χ0) is 11.7. The first-order chi connectivity index (χ1) is 7.59. The van der Waals surface area contributed by atoms with Gasteiger partial charge in [-0.1, -0.05) is 17.8 Å². The molecular formula is C10H11N3O2S. The molecule has 5 nitrogen and oxygen atoms in total. The van der Waals surface area contributed by atoms with Gasteiger partial charge in [-0.2, -0.15) is 0 Å². The Balaban J connectivity index is 2.39. The van der Waals surface area contributed by atoms with Crippen LogP contribution in [0.1, 0.15) is 12.5 Å². The van der Waals surface area contributed by atoms with E-state index in [4.69, 9.17) is 5.11 Å². The predicted molar refractivity (Wildman–Crippen MR) is 60.7 cm³/mol. The fourth-order valence-electron chi connectivity index (χ4n) is 1.32. The Hall–Kier alpha value is -1.56. The highest BCUT2D eigenvalue weighted by Gasteiger charge is 2.16. The summed E-state index contributed by atoms with van der Waals surface area (Å²) in [6, 6.07) is 3.83. The van der Waals surface area contributed by atoms with Crippen LogP contribution >= 0.6 is 11.8 Å². The Labute approximate surface area is 96.5 Å². The van der Waals surface area contributed by atoms with E-state index in [1.165, 1.54) is 11.8 Å². The van der Waals surface area contributed by atoms with Crippen LogP contribution in [0.2, 0.25) is 0 Å². The lowest BCUT2D eigenvalue weighted by molar-refractivity contribution is -0.136. The van der Waals surface area contributed by atoms with Gasteiger partial charge in [0.1, 0.15) is 5.25 Å². The summed E-state index contributed by atoms with van der Waals surface area (Å²) in [4.78, 5) is 10.8. The summed E-state index contributed by atoms with van der Waals surface area (Å²) >= 11 is 1.19. The van der Waals surface area contributed by atoms with Crippen molar-refractivity contribution in [2.45, 2.75) is 24.3 Å². The Bertz CT molecular complexity index is 538. The van der Waals surface area contributed by atoms with Crippen LogP contribution < -0.4 is 0 Å². The largest absolute Gasteiger partial charge is 0.480 e. The third kappa shape index (κ3) is 1.88. The van der Waals surface area contributed by atoms with Crippen LogP contribution in [0.15, 0.2) is 23.5 Å². The van der Waals surface area contributed by atoms with Crippen LogP contribution in [0.4, 0.5) is 0 Å². The van der Waals surface area contributed by atoms with Gasteiger partial charge in [0.05, 0.1) is 0 Å². The van der Waals surface area contributed by atoms with E-state index in [1.807, 2.05) is 25.3 Å². The van der Waals surface area contributed by atoms with Gasteiger partial charge in [0, 0.05) is 6.20 Å². The summed E-state index contributed by atoms with van der Waals surface area (Å²) < 4.78 is 1.80. The van der Waals surface area contributed by atoms with Gasteiger partial charge in [-0.15, -0.1) is 10.2 Å². The van der Waals surface area contributed by atoms with E-state index in [9.17, 15) is 4.79 Å². The Morgan fingerprint density at radius 2 is 2.31 bits per heavy atom. The highest BCUT2D eigenvalue weighted by molar-refractivity contribution is 8.00. The molecule has 0 amide bonds. The van der Waals surface area contributed by atoms with Gasteiger partial charge in [0.25, 0.3) is 0 Å². The van der Waals surface area contributed by atoms with Gasteiger partial charge >= 0.3 is 5.97 Å². The molecule has 2 aromatic heterocycles.